The third-order valence-electron chi connectivity index (χ3n) is 3.24. The van der Waals surface area contributed by atoms with Gasteiger partial charge in [0.1, 0.15) is 5.75 Å². The molecule has 1 rings (SSSR count). The van der Waals surface area contributed by atoms with Crippen molar-refractivity contribution in [3.63, 3.8) is 0 Å². The van der Waals surface area contributed by atoms with Crippen molar-refractivity contribution in [1.82, 2.24) is 10.6 Å². The number of rotatable bonds is 7. The zero-order valence-corrected chi connectivity index (χ0v) is 14.4. The molecule has 6 nitrogen and oxygen atoms in total. The maximum absolute atomic E-state index is 12.2. The first kappa shape index (κ1) is 21.0. The van der Waals surface area contributed by atoms with E-state index in [9.17, 15) is 14.7 Å². The molecule has 1 aromatic rings. The number of benzene rings is 1. The Kier molecular flexibility index (Phi) is 9.10. The van der Waals surface area contributed by atoms with E-state index in [2.05, 4.69) is 24.5 Å². The number of phenolic OH excluding ortho intramolecular Hbond substituents is 1. The van der Waals surface area contributed by atoms with Crippen LogP contribution in [0.2, 0.25) is 0 Å². The van der Waals surface area contributed by atoms with Gasteiger partial charge < -0.3 is 20.8 Å². The summed E-state index contributed by atoms with van der Waals surface area (Å²) in [6.07, 6.45) is 0.144. The first-order chi connectivity index (χ1) is 10.3. The van der Waals surface area contributed by atoms with Gasteiger partial charge in [-0.25, -0.2) is 4.79 Å². The molecule has 7 heteroatoms. The molecule has 0 radical (unpaired) electrons. The summed E-state index contributed by atoms with van der Waals surface area (Å²) in [7, 11) is 0. The fraction of sp³-hybridized carbons (Fsp3) is 0.500. The average molecular weight is 345 g/mol. The van der Waals surface area contributed by atoms with Crippen molar-refractivity contribution in [3.8, 4) is 5.75 Å². The highest BCUT2D eigenvalue weighted by atomic mass is 35.5. The Morgan fingerprint density at radius 2 is 1.87 bits per heavy atom. The Labute approximate surface area is 142 Å². The molecule has 23 heavy (non-hydrogen) atoms. The number of carbonyl (C=O) groups excluding carboxylic acids is 1. The van der Waals surface area contributed by atoms with Crippen molar-refractivity contribution in [3.05, 3.63) is 29.3 Å². The van der Waals surface area contributed by atoms with Crippen molar-refractivity contribution >= 4 is 24.4 Å². The van der Waals surface area contributed by atoms with Gasteiger partial charge in [0, 0.05) is 18.2 Å². The lowest BCUT2D eigenvalue weighted by Crippen LogP contribution is -2.33. The van der Waals surface area contributed by atoms with Crippen LogP contribution in [0.25, 0.3) is 0 Å². The molecule has 0 bridgehead atoms. The highest BCUT2D eigenvalue weighted by Crippen LogP contribution is 2.18. The smallest absolute Gasteiger partial charge is 0.404 e. The predicted octanol–water partition coefficient (Wildman–Crippen LogP) is 2.79. The maximum Gasteiger partial charge on any atom is 0.404 e. The number of phenols is 1. The summed E-state index contributed by atoms with van der Waals surface area (Å²) < 4.78 is 0. The van der Waals surface area contributed by atoms with Crippen LogP contribution in [0, 0.1) is 5.92 Å². The van der Waals surface area contributed by atoms with E-state index in [1.807, 2.05) is 0 Å². The van der Waals surface area contributed by atoms with Crippen LogP contribution in [-0.4, -0.2) is 34.8 Å². The molecule has 1 aromatic carbocycles. The Bertz CT molecular complexity index is 535. The van der Waals surface area contributed by atoms with Crippen LogP contribution >= 0.6 is 12.4 Å². The quantitative estimate of drug-likeness (QED) is 0.611. The molecule has 130 valence electrons. The van der Waals surface area contributed by atoms with Crippen LogP contribution in [-0.2, 0) is 6.42 Å². The lowest BCUT2D eigenvalue weighted by atomic mass is 9.99. The lowest BCUT2D eigenvalue weighted by Gasteiger charge is -2.15. The third kappa shape index (κ3) is 7.74. The van der Waals surface area contributed by atoms with Crippen molar-refractivity contribution in [1.29, 1.82) is 0 Å². The fourth-order valence-electron chi connectivity index (χ4n) is 2.12. The van der Waals surface area contributed by atoms with Gasteiger partial charge in [-0.1, -0.05) is 19.9 Å². The molecule has 0 aromatic heterocycles. The number of hydrogen-bond acceptors (Lipinski definition) is 3. The molecule has 0 fully saturated rings. The van der Waals surface area contributed by atoms with Gasteiger partial charge in [0.15, 0.2) is 0 Å². The Morgan fingerprint density at radius 1 is 1.22 bits per heavy atom. The Hall–Kier alpha value is -1.95. The Morgan fingerprint density at radius 3 is 2.43 bits per heavy atom. The second kappa shape index (κ2) is 9.94. The normalized spacial score (nSPS) is 11.5. The minimum Gasteiger partial charge on any atom is -0.508 e. The second-order valence-electron chi connectivity index (χ2n) is 5.83. The van der Waals surface area contributed by atoms with Gasteiger partial charge in [0.05, 0.1) is 0 Å². The number of carboxylic acid groups (broad SMARTS) is 1. The molecular weight excluding hydrogens is 320 g/mol. The van der Waals surface area contributed by atoms with Gasteiger partial charge in [0.2, 0.25) is 0 Å². The minimum absolute atomic E-state index is 0. The SMILES string of the molecule is CC(C)CCNC(=O)c1cc(O)ccc1C[C@H](C)NC(=O)O.Cl. The van der Waals surface area contributed by atoms with Crippen molar-refractivity contribution < 1.29 is 19.8 Å². The number of carbonyl (C=O) groups is 2. The van der Waals surface area contributed by atoms with E-state index >= 15 is 0 Å². The molecule has 1 atom stereocenters. The summed E-state index contributed by atoms with van der Waals surface area (Å²) in [5.74, 6) is 0.245. The molecule has 0 saturated carbocycles. The largest absolute Gasteiger partial charge is 0.508 e. The topological polar surface area (TPSA) is 98.7 Å². The standard InChI is InChI=1S/C16H24N2O4.ClH/c1-10(2)6-7-17-15(20)14-9-13(19)5-4-12(14)8-11(3)18-16(21)22;/h4-5,9-11,18-19H,6-8H2,1-3H3,(H,17,20)(H,21,22);1H/t11-;/m0./s1. The Balaban J connectivity index is 0.00000484. The van der Waals surface area contributed by atoms with Crippen LogP contribution in [0.4, 0.5) is 4.79 Å². The highest BCUT2D eigenvalue weighted by molar-refractivity contribution is 5.96. The molecule has 2 amide bonds. The fourth-order valence-corrected chi connectivity index (χ4v) is 2.12. The molecule has 0 saturated heterocycles. The van der Waals surface area contributed by atoms with E-state index in [0.29, 0.717) is 30.0 Å². The molecule has 4 N–H and O–H groups in total. The summed E-state index contributed by atoms with van der Waals surface area (Å²) in [6, 6.07) is 4.22. The van der Waals surface area contributed by atoms with E-state index in [0.717, 1.165) is 6.42 Å². The van der Waals surface area contributed by atoms with Crippen molar-refractivity contribution in [2.45, 2.75) is 39.7 Å². The summed E-state index contributed by atoms with van der Waals surface area (Å²) in [6.45, 7) is 6.44. The van der Waals surface area contributed by atoms with Crippen LogP contribution in [0.15, 0.2) is 18.2 Å². The van der Waals surface area contributed by atoms with Gasteiger partial charge in [-0.2, -0.15) is 0 Å². The minimum atomic E-state index is -1.10. The monoisotopic (exact) mass is 344 g/mol. The van der Waals surface area contributed by atoms with E-state index in [1.54, 1.807) is 13.0 Å². The zero-order valence-electron chi connectivity index (χ0n) is 13.6. The van der Waals surface area contributed by atoms with E-state index in [-0.39, 0.29) is 30.1 Å². The van der Waals surface area contributed by atoms with E-state index in [4.69, 9.17) is 5.11 Å². The van der Waals surface area contributed by atoms with Crippen molar-refractivity contribution in [2.75, 3.05) is 6.54 Å². The summed E-state index contributed by atoms with van der Waals surface area (Å²) in [4.78, 5) is 22.9. The number of halogens is 1. The van der Waals surface area contributed by atoms with Crippen LogP contribution < -0.4 is 10.6 Å². The molecule has 0 aliphatic carbocycles. The molecular formula is C16H25ClN2O4. The molecule has 0 aliphatic rings. The zero-order chi connectivity index (χ0) is 16.7. The number of amides is 2. The first-order valence-corrected chi connectivity index (χ1v) is 7.39. The van der Waals surface area contributed by atoms with Crippen LogP contribution in [0.5, 0.6) is 5.75 Å². The number of aromatic hydroxyl groups is 1. The third-order valence-corrected chi connectivity index (χ3v) is 3.24. The first-order valence-electron chi connectivity index (χ1n) is 7.39. The summed E-state index contributed by atoms with van der Waals surface area (Å²) in [5, 5.41) is 23.5. The number of nitrogens with one attached hydrogen (secondary N) is 2. The summed E-state index contributed by atoms with van der Waals surface area (Å²) >= 11 is 0. The van der Waals surface area contributed by atoms with Gasteiger partial charge in [-0.3, -0.25) is 4.79 Å². The molecule has 0 aliphatic heterocycles. The maximum atomic E-state index is 12.2. The second-order valence-corrected chi connectivity index (χ2v) is 5.83. The average Bonchev–Trinajstić information content (AvgIpc) is 2.39. The highest BCUT2D eigenvalue weighted by Gasteiger charge is 2.15. The van der Waals surface area contributed by atoms with Gasteiger partial charge >= 0.3 is 6.09 Å². The van der Waals surface area contributed by atoms with Gasteiger partial charge in [-0.15, -0.1) is 12.4 Å². The molecule has 0 heterocycles. The van der Waals surface area contributed by atoms with Crippen LogP contribution in [0.1, 0.15) is 43.1 Å². The van der Waals surface area contributed by atoms with E-state index < -0.39 is 6.09 Å². The van der Waals surface area contributed by atoms with Gasteiger partial charge in [-0.05, 0) is 43.4 Å². The van der Waals surface area contributed by atoms with Crippen molar-refractivity contribution in [2.24, 2.45) is 5.92 Å². The lowest BCUT2D eigenvalue weighted by molar-refractivity contribution is 0.0950. The molecule has 0 unspecified atom stereocenters. The predicted molar refractivity (Wildman–Crippen MR) is 91.5 cm³/mol. The number of hydrogen-bond donors (Lipinski definition) is 4. The van der Waals surface area contributed by atoms with Gasteiger partial charge in [0.25, 0.3) is 5.91 Å². The van der Waals surface area contributed by atoms with Crippen LogP contribution in [0.3, 0.4) is 0 Å². The van der Waals surface area contributed by atoms with E-state index in [1.165, 1.54) is 12.1 Å². The molecule has 0 spiro atoms. The summed E-state index contributed by atoms with van der Waals surface area (Å²) in [5.41, 5.74) is 1.07.